The quantitative estimate of drug-likeness (QED) is 0.790. The Morgan fingerprint density at radius 2 is 2.00 bits per heavy atom. The fourth-order valence-corrected chi connectivity index (χ4v) is 2.31. The second-order valence-electron chi connectivity index (χ2n) is 3.93. The molecule has 0 atom stereocenters. The molecule has 84 valence electrons. The lowest BCUT2D eigenvalue weighted by atomic mass is 10.1. The van der Waals surface area contributed by atoms with Crippen LogP contribution in [-0.2, 0) is 0 Å². The van der Waals surface area contributed by atoms with Crippen LogP contribution in [0.4, 0.5) is 5.82 Å². The molecule has 0 aliphatic rings. The molecule has 16 heavy (non-hydrogen) atoms. The fourth-order valence-electron chi connectivity index (χ4n) is 1.72. The second-order valence-corrected chi connectivity index (χ2v) is 5.22. The molecule has 2 aromatic rings. The van der Waals surface area contributed by atoms with Gasteiger partial charge in [-0.05, 0) is 25.1 Å². The first-order valence-electron chi connectivity index (χ1n) is 4.93. The lowest BCUT2D eigenvalue weighted by Crippen LogP contribution is -2.12. The molecule has 0 saturated heterocycles. The van der Waals surface area contributed by atoms with Crippen LogP contribution < -0.4 is 4.90 Å². The zero-order valence-electron chi connectivity index (χ0n) is 9.38. The number of nitrogens with zero attached hydrogens (tertiary/aromatic N) is 2. The van der Waals surface area contributed by atoms with Crippen molar-refractivity contribution in [2.24, 2.45) is 0 Å². The molecular weight excluding hydrogens is 288 g/mol. The molecule has 0 spiro atoms. The SMILES string of the molecule is Cc1c(N(C)C)nc2ccc(Br)cc2c1Cl. The number of aromatic nitrogens is 1. The number of anilines is 1. The third-order valence-electron chi connectivity index (χ3n) is 2.51. The number of hydrogen-bond donors (Lipinski definition) is 0. The van der Waals surface area contributed by atoms with Gasteiger partial charge in [0.15, 0.2) is 0 Å². The largest absolute Gasteiger partial charge is 0.362 e. The molecule has 0 amide bonds. The van der Waals surface area contributed by atoms with Crippen LogP contribution in [0.3, 0.4) is 0 Å². The molecule has 2 rings (SSSR count). The minimum Gasteiger partial charge on any atom is -0.362 e. The Labute approximate surface area is 108 Å². The van der Waals surface area contributed by atoms with Crippen molar-refractivity contribution in [1.82, 2.24) is 4.98 Å². The summed E-state index contributed by atoms with van der Waals surface area (Å²) in [6.45, 7) is 1.99. The summed E-state index contributed by atoms with van der Waals surface area (Å²) in [6.07, 6.45) is 0. The summed E-state index contributed by atoms with van der Waals surface area (Å²) in [7, 11) is 3.94. The maximum atomic E-state index is 6.36. The van der Waals surface area contributed by atoms with Gasteiger partial charge >= 0.3 is 0 Å². The lowest BCUT2D eigenvalue weighted by molar-refractivity contribution is 1.06. The number of fused-ring (bicyclic) bond motifs is 1. The highest BCUT2D eigenvalue weighted by Crippen LogP contribution is 2.32. The van der Waals surface area contributed by atoms with E-state index in [0.717, 1.165) is 31.8 Å². The molecule has 2 nitrogen and oxygen atoms in total. The number of rotatable bonds is 1. The summed E-state index contributed by atoms with van der Waals surface area (Å²) < 4.78 is 1.01. The zero-order chi connectivity index (χ0) is 11.9. The van der Waals surface area contributed by atoms with Crippen LogP contribution in [0.1, 0.15) is 5.56 Å². The van der Waals surface area contributed by atoms with Crippen molar-refractivity contribution in [2.75, 3.05) is 19.0 Å². The minimum atomic E-state index is 0.773. The van der Waals surface area contributed by atoms with Crippen molar-refractivity contribution in [1.29, 1.82) is 0 Å². The van der Waals surface area contributed by atoms with E-state index >= 15 is 0 Å². The standard InChI is InChI=1S/C12H12BrClN2/c1-7-11(14)9-6-8(13)4-5-10(9)15-12(7)16(2)3/h4-6H,1-3H3. The normalized spacial score (nSPS) is 10.8. The smallest absolute Gasteiger partial charge is 0.133 e. The van der Waals surface area contributed by atoms with E-state index in [2.05, 4.69) is 20.9 Å². The molecule has 1 heterocycles. The highest BCUT2D eigenvalue weighted by Gasteiger charge is 2.11. The van der Waals surface area contributed by atoms with Crippen molar-refractivity contribution in [3.8, 4) is 0 Å². The predicted octanol–water partition coefficient (Wildman–Crippen LogP) is 4.03. The first kappa shape index (κ1) is 11.7. The summed E-state index contributed by atoms with van der Waals surface area (Å²) >= 11 is 9.80. The Morgan fingerprint density at radius 1 is 1.31 bits per heavy atom. The van der Waals surface area contributed by atoms with E-state index < -0.39 is 0 Å². The van der Waals surface area contributed by atoms with Crippen molar-refractivity contribution >= 4 is 44.3 Å². The minimum absolute atomic E-state index is 0.773. The Morgan fingerprint density at radius 3 is 2.62 bits per heavy atom. The van der Waals surface area contributed by atoms with Gasteiger partial charge in [0, 0.05) is 29.5 Å². The van der Waals surface area contributed by atoms with Crippen molar-refractivity contribution < 1.29 is 0 Å². The monoisotopic (exact) mass is 298 g/mol. The molecular formula is C12H12BrClN2. The van der Waals surface area contributed by atoms with Gasteiger partial charge < -0.3 is 4.90 Å². The van der Waals surface area contributed by atoms with Crippen LogP contribution >= 0.6 is 27.5 Å². The van der Waals surface area contributed by atoms with Gasteiger partial charge in [-0.1, -0.05) is 27.5 Å². The van der Waals surface area contributed by atoms with Crippen LogP contribution in [0, 0.1) is 6.92 Å². The highest BCUT2D eigenvalue weighted by atomic mass is 79.9. The molecule has 1 aromatic heterocycles. The molecule has 0 N–H and O–H groups in total. The molecule has 1 aromatic carbocycles. The second kappa shape index (κ2) is 4.22. The molecule has 0 saturated carbocycles. The summed E-state index contributed by atoms with van der Waals surface area (Å²) in [5.74, 6) is 0.917. The first-order valence-corrected chi connectivity index (χ1v) is 6.10. The van der Waals surface area contributed by atoms with E-state index in [0.29, 0.717) is 0 Å². The maximum Gasteiger partial charge on any atom is 0.133 e. The Kier molecular flexibility index (Phi) is 3.08. The van der Waals surface area contributed by atoms with E-state index in [1.54, 1.807) is 0 Å². The summed E-state index contributed by atoms with van der Waals surface area (Å²) in [6, 6.07) is 5.94. The topological polar surface area (TPSA) is 16.1 Å². The maximum absolute atomic E-state index is 6.36. The molecule has 4 heteroatoms. The number of pyridine rings is 1. The van der Waals surface area contributed by atoms with Crippen molar-refractivity contribution in [3.63, 3.8) is 0 Å². The molecule has 0 aliphatic heterocycles. The van der Waals surface area contributed by atoms with Crippen LogP contribution in [0.5, 0.6) is 0 Å². The van der Waals surface area contributed by atoms with Gasteiger partial charge in [-0.25, -0.2) is 4.98 Å². The average Bonchev–Trinajstić information content (AvgIpc) is 2.23. The molecule has 0 unspecified atom stereocenters. The highest BCUT2D eigenvalue weighted by molar-refractivity contribution is 9.10. The third kappa shape index (κ3) is 1.89. The van der Waals surface area contributed by atoms with E-state index in [4.69, 9.17) is 11.6 Å². The number of benzene rings is 1. The first-order chi connectivity index (χ1) is 7.50. The average molecular weight is 300 g/mol. The third-order valence-corrected chi connectivity index (χ3v) is 3.49. The van der Waals surface area contributed by atoms with Crippen LogP contribution in [0.25, 0.3) is 10.9 Å². The van der Waals surface area contributed by atoms with E-state index in [1.165, 1.54) is 0 Å². The summed E-state index contributed by atoms with van der Waals surface area (Å²) in [5, 5.41) is 1.76. The van der Waals surface area contributed by atoms with Gasteiger partial charge in [0.2, 0.25) is 0 Å². The van der Waals surface area contributed by atoms with E-state index in [1.807, 2.05) is 44.1 Å². The summed E-state index contributed by atoms with van der Waals surface area (Å²) in [4.78, 5) is 6.57. The number of hydrogen-bond acceptors (Lipinski definition) is 2. The Balaban J connectivity index is 2.83. The van der Waals surface area contributed by atoms with E-state index in [-0.39, 0.29) is 0 Å². The Bertz CT molecular complexity index is 552. The van der Waals surface area contributed by atoms with Gasteiger partial charge in [0.1, 0.15) is 5.82 Å². The van der Waals surface area contributed by atoms with Gasteiger partial charge in [0.25, 0.3) is 0 Å². The lowest BCUT2D eigenvalue weighted by Gasteiger charge is -2.16. The van der Waals surface area contributed by atoms with Crippen LogP contribution in [-0.4, -0.2) is 19.1 Å². The molecule has 0 bridgehead atoms. The molecule has 0 fully saturated rings. The van der Waals surface area contributed by atoms with Crippen molar-refractivity contribution in [3.05, 3.63) is 33.3 Å². The predicted molar refractivity (Wildman–Crippen MR) is 73.5 cm³/mol. The molecule has 0 radical (unpaired) electrons. The fraction of sp³-hybridized carbons (Fsp3) is 0.250. The van der Waals surface area contributed by atoms with Crippen LogP contribution in [0.2, 0.25) is 5.02 Å². The van der Waals surface area contributed by atoms with Gasteiger partial charge in [-0.2, -0.15) is 0 Å². The van der Waals surface area contributed by atoms with Gasteiger partial charge in [0.05, 0.1) is 10.5 Å². The Hall–Kier alpha value is -0.800. The van der Waals surface area contributed by atoms with Crippen molar-refractivity contribution in [2.45, 2.75) is 6.92 Å². The summed E-state index contributed by atoms with van der Waals surface area (Å²) in [5.41, 5.74) is 1.93. The van der Waals surface area contributed by atoms with Gasteiger partial charge in [-0.3, -0.25) is 0 Å². The number of halogens is 2. The van der Waals surface area contributed by atoms with E-state index in [9.17, 15) is 0 Å². The van der Waals surface area contributed by atoms with Gasteiger partial charge in [-0.15, -0.1) is 0 Å². The van der Waals surface area contributed by atoms with Crippen LogP contribution in [0.15, 0.2) is 22.7 Å². The zero-order valence-corrected chi connectivity index (χ0v) is 11.7. The molecule has 0 aliphatic carbocycles.